The predicted molar refractivity (Wildman–Crippen MR) is 96.6 cm³/mol. The van der Waals surface area contributed by atoms with E-state index < -0.39 is 15.9 Å². The first kappa shape index (κ1) is 20.1. The fourth-order valence-electron chi connectivity index (χ4n) is 2.36. The molecule has 8 nitrogen and oxygen atoms in total. The number of nitrogens with one attached hydrogen (secondary N) is 2. The minimum atomic E-state index is -3.66. The second-order valence-electron chi connectivity index (χ2n) is 6.18. The fraction of sp³-hybridized carbons (Fsp3) is 0.412. The van der Waals surface area contributed by atoms with Crippen LogP contribution in [0.3, 0.4) is 0 Å². The molecular weight excluding hydrogens is 358 g/mol. The van der Waals surface area contributed by atoms with E-state index >= 15 is 0 Å². The van der Waals surface area contributed by atoms with E-state index in [9.17, 15) is 13.2 Å². The summed E-state index contributed by atoms with van der Waals surface area (Å²) >= 11 is 0. The van der Waals surface area contributed by atoms with Crippen LogP contribution in [0.15, 0.2) is 40.0 Å². The van der Waals surface area contributed by atoms with Gasteiger partial charge >= 0.3 is 0 Å². The number of sulfonamides is 1. The lowest BCUT2D eigenvalue weighted by Crippen LogP contribution is -2.35. The second kappa shape index (κ2) is 8.43. The molecule has 0 saturated carbocycles. The van der Waals surface area contributed by atoms with Gasteiger partial charge in [0, 0.05) is 24.8 Å². The van der Waals surface area contributed by atoms with Gasteiger partial charge in [0.1, 0.15) is 5.76 Å². The minimum absolute atomic E-state index is 0.0194. The molecule has 1 aromatic heterocycles. The standard InChI is InChI=1S/C17H23N3O5S/c1-11(2)16-15(18-10-25-16)17(21)19-13-5-7-14(8-6-13)26(22,23)20-12(3)9-24-4/h5-8,10-12,20H,9H2,1-4H3,(H,19,21)/t12-/m1/s1. The summed E-state index contributed by atoms with van der Waals surface area (Å²) in [5.41, 5.74) is 0.670. The molecule has 2 aromatic rings. The summed E-state index contributed by atoms with van der Waals surface area (Å²) in [6.07, 6.45) is 1.23. The van der Waals surface area contributed by atoms with E-state index in [0.29, 0.717) is 11.4 Å². The Hall–Kier alpha value is -2.23. The molecule has 1 atom stereocenters. The van der Waals surface area contributed by atoms with Crippen LogP contribution < -0.4 is 10.0 Å². The molecule has 0 radical (unpaired) electrons. The zero-order chi connectivity index (χ0) is 19.3. The van der Waals surface area contributed by atoms with Crippen molar-refractivity contribution < 1.29 is 22.4 Å². The van der Waals surface area contributed by atoms with Crippen molar-refractivity contribution in [3.05, 3.63) is 42.1 Å². The van der Waals surface area contributed by atoms with Gasteiger partial charge in [0.2, 0.25) is 10.0 Å². The Balaban J connectivity index is 2.10. The van der Waals surface area contributed by atoms with Crippen molar-refractivity contribution in [2.45, 2.75) is 37.6 Å². The van der Waals surface area contributed by atoms with Gasteiger partial charge in [0.15, 0.2) is 12.1 Å². The lowest BCUT2D eigenvalue weighted by atomic mass is 10.1. The maximum absolute atomic E-state index is 12.3. The van der Waals surface area contributed by atoms with Crippen LogP contribution in [0, 0.1) is 0 Å². The topological polar surface area (TPSA) is 111 Å². The molecule has 1 heterocycles. The number of nitrogens with zero attached hydrogens (tertiary/aromatic N) is 1. The van der Waals surface area contributed by atoms with Crippen LogP contribution >= 0.6 is 0 Å². The highest BCUT2D eigenvalue weighted by Crippen LogP contribution is 2.20. The Bertz CT molecular complexity index is 844. The molecule has 0 aliphatic heterocycles. The molecule has 0 spiro atoms. The number of methoxy groups -OCH3 is 1. The molecule has 1 amide bonds. The summed E-state index contributed by atoms with van der Waals surface area (Å²) in [5, 5.41) is 2.68. The summed E-state index contributed by atoms with van der Waals surface area (Å²) in [6, 6.07) is 5.52. The first-order valence-corrected chi connectivity index (χ1v) is 9.59. The number of carbonyl (C=O) groups excluding carboxylic acids is 1. The molecular formula is C17H23N3O5S. The monoisotopic (exact) mass is 381 g/mol. The molecule has 0 aliphatic rings. The highest BCUT2D eigenvalue weighted by atomic mass is 32.2. The molecule has 0 bridgehead atoms. The number of aromatic nitrogens is 1. The number of ether oxygens (including phenoxy) is 1. The van der Waals surface area contributed by atoms with Gasteiger partial charge in [0.25, 0.3) is 5.91 Å². The molecule has 0 fully saturated rings. The minimum Gasteiger partial charge on any atom is -0.447 e. The van der Waals surface area contributed by atoms with Crippen molar-refractivity contribution >= 4 is 21.6 Å². The van der Waals surface area contributed by atoms with Crippen molar-refractivity contribution in [2.75, 3.05) is 19.0 Å². The summed E-state index contributed by atoms with van der Waals surface area (Å²) in [5.74, 6) is 0.105. The van der Waals surface area contributed by atoms with Crippen LogP contribution in [0.1, 0.15) is 42.9 Å². The van der Waals surface area contributed by atoms with Crippen LogP contribution in [-0.2, 0) is 14.8 Å². The third-order valence-corrected chi connectivity index (χ3v) is 5.14. The predicted octanol–water partition coefficient (Wildman–Crippen LogP) is 2.36. The zero-order valence-corrected chi connectivity index (χ0v) is 16.0. The number of carbonyl (C=O) groups is 1. The van der Waals surface area contributed by atoms with Crippen LogP contribution in [0.2, 0.25) is 0 Å². The van der Waals surface area contributed by atoms with Crippen LogP contribution in [-0.4, -0.2) is 39.1 Å². The van der Waals surface area contributed by atoms with Crippen LogP contribution in [0.4, 0.5) is 5.69 Å². The van der Waals surface area contributed by atoms with E-state index in [2.05, 4.69) is 15.0 Å². The molecule has 0 aliphatic carbocycles. The molecule has 9 heteroatoms. The molecule has 0 unspecified atom stereocenters. The largest absolute Gasteiger partial charge is 0.447 e. The quantitative estimate of drug-likeness (QED) is 0.726. The number of hydrogen-bond donors (Lipinski definition) is 2. The average Bonchev–Trinajstić information content (AvgIpc) is 3.05. The summed E-state index contributed by atoms with van der Waals surface area (Å²) < 4.78 is 37.2. The Morgan fingerprint density at radius 3 is 2.46 bits per heavy atom. The molecule has 26 heavy (non-hydrogen) atoms. The van der Waals surface area contributed by atoms with Crippen molar-refractivity contribution in [1.82, 2.24) is 9.71 Å². The first-order chi connectivity index (χ1) is 12.2. The van der Waals surface area contributed by atoms with Gasteiger partial charge in [-0.2, -0.15) is 0 Å². The SMILES string of the molecule is COC[C@@H](C)NS(=O)(=O)c1ccc(NC(=O)c2ncoc2C(C)C)cc1. The molecule has 142 valence electrons. The van der Waals surface area contributed by atoms with E-state index in [0.717, 1.165) is 0 Å². The van der Waals surface area contributed by atoms with E-state index in [1.54, 1.807) is 6.92 Å². The smallest absolute Gasteiger partial charge is 0.277 e. The molecule has 0 saturated heterocycles. The van der Waals surface area contributed by atoms with Gasteiger partial charge in [0.05, 0.1) is 11.5 Å². The third kappa shape index (κ3) is 4.90. The average molecular weight is 381 g/mol. The zero-order valence-electron chi connectivity index (χ0n) is 15.1. The Morgan fingerprint density at radius 2 is 1.88 bits per heavy atom. The Kier molecular flexibility index (Phi) is 6.52. The van der Waals surface area contributed by atoms with Crippen molar-refractivity contribution in [1.29, 1.82) is 0 Å². The lowest BCUT2D eigenvalue weighted by Gasteiger charge is -2.13. The van der Waals surface area contributed by atoms with Crippen molar-refractivity contribution in [3.8, 4) is 0 Å². The van der Waals surface area contributed by atoms with E-state index in [1.165, 1.54) is 37.8 Å². The second-order valence-corrected chi connectivity index (χ2v) is 7.89. The normalized spacial score (nSPS) is 13.0. The van der Waals surface area contributed by atoms with Crippen LogP contribution in [0.25, 0.3) is 0 Å². The number of oxazole rings is 1. The van der Waals surface area contributed by atoms with Gasteiger partial charge in [-0.15, -0.1) is 0 Å². The van der Waals surface area contributed by atoms with E-state index in [4.69, 9.17) is 9.15 Å². The number of anilines is 1. The maximum atomic E-state index is 12.3. The Morgan fingerprint density at radius 1 is 1.23 bits per heavy atom. The summed E-state index contributed by atoms with van der Waals surface area (Å²) in [6.45, 7) is 5.77. The Labute approximate surface area is 153 Å². The van der Waals surface area contributed by atoms with Crippen molar-refractivity contribution in [2.24, 2.45) is 0 Å². The lowest BCUT2D eigenvalue weighted by molar-refractivity contribution is 0.102. The van der Waals surface area contributed by atoms with Gasteiger partial charge in [-0.1, -0.05) is 13.8 Å². The van der Waals surface area contributed by atoms with Crippen LogP contribution in [0.5, 0.6) is 0 Å². The van der Waals surface area contributed by atoms with E-state index in [1.807, 2.05) is 13.8 Å². The number of hydrogen-bond acceptors (Lipinski definition) is 6. The number of rotatable bonds is 8. The van der Waals surface area contributed by atoms with Gasteiger partial charge in [-0.05, 0) is 31.2 Å². The maximum Gasteiger partial charge on any atom is 0.277 e. The first-order valence-electron chi connectivity index (χ1n) is 8.10. The van der Waals surface area contributed by atoms with Gasteiger partial charge in [-0.25, -0.2) is 18.1 Å². The molecule has 2 rings (SSSR count). The molecule has 1 aromatic carbocycles. The number of benzene rings is 1. The van der Waals surface area contributed by atoms with Gasteiger partial charge < -0.3 is 14.5 Å². The highest BCUT2D eigenvalue weighted by Gasteiger charge is 2.20. The fourth-order valence-corrected chi connectivity index (χ4v) is 3.59. The summed E-state index contributed by atoms with van der Waals surface area (Å²) in [4.78, 5) is 16.4. The van der Waals surface area contributed by atoms with Crippen molar-refractivity contribution in [3.63, 3.8) is 0 Å². The van der Waals surface area contributed by atoms with E-state index in [-0.39, 0.29) is 29.2 Å². The highest BCUT2D eigenvalue weighted by molar-refractivity contribution is 7.89. The third-order valence-electron chi connectivity index (χ3n) is 3.53. The number of amides is 1. The molecule has 2 N–H and O–H groups in total. The van der Waals surface area contributed by atoms with Gasteiger partial charge in [-0.3, -0.25) is 4.79 Å². The summed E-state index contributed by atoms with van der Waals surface area (Å²) in [7, 11) is -2.16.